The van der Waals surface area contributed by atoms with Crippen LogP contribution in [0.15, 0.2) is 24.8 Å². The van der Waals surface area contributed by atoms with Gasteiger partial charge in [-0.2, -0.15) is 0 Å². The van der Waals surface area contributed by atoms with Gasteiger partial charge in [-0.3, -0.25) is 0 Å². The third-order valence-corrected chi connectivity index (χ3v) is 3.64. The Kier molecular flexibility index (Phi) is 5.99. The fraction of sp³-hybridized carbons (Fsp3) is 0.500. The minimum absolute atomic E-state index is 0.341. The van der Waals surface area contributed by atoms with Crippen molar-refractivity contribution in [1.82, 2.24) is 0 Å². The Morgan fingerprint density at radius 2 is 2.20 bits per heavy atom. The molecule has 1 aromatic heterocycles. The largest absolute Gasteiger partial charge is 0.388 e. The summed E-state index contributed by atoms with van der Waals surface area (Å²) >= 11 is 7.27. The molecule has 0 aliphatic carbocycles. The van der Waals surface area contributed by atoms with E-state index in [2.05, 4.69) is 6.58 Å². The molecule has 0 saturated heterocycles. The molecule has 1 N–H and O–H groups in total. The van der Waals surface area contributed by atoms with Crippen LogP contribution in [0, 0.1) is 0 Å². The van der Waals surface area contributed by atoms with E-state index in [1.165, 1.54) is 17.8 Å². The average Bonchev–Trinajstić information content (AvgIpc) is 2.64. The van der Waals surface area contributed by atoms with Crippen LogP contribution < -0.4 is 0 Å². The molecule has 0 amide bonds. The number of thiophene rings is 1. The highest BCUT2D eigenvalue weighted by Crippen LogP contribution is 2.29. The molecule has 3 heteroatoms. The van der Waals surface area contributed by atoms with E-state index < -0.39 is 0 Å². The van der Waals surface area contributed by atoms with Gasteiger partial charge < -0.3 is 5.11 Å². The lowest BCUT2D eigenvalue weighted by atomic mass is 10.1. The van der Waals surface area contributed by atoms with Gasteiger partial charge in [0.2, 0.25) is 0 Å². The lowest BCUT2D eigenvalue weighted by Crippen LogP contribution is -1.93. The van der Waals surface area contributed by atoms with Crippen LogP contribution in [0.5, 0.6) is 0 Å². The summed E-state index contributed by atoms with van der Waals surface area (Å²) in [5.74, 6) is 0. The van der Waals surface area contributed by atoms with Crippen LogP contribution in [-0.2, 0) is 0 Å². The first-order valence-electron chi connectivity index (χ1n) is 5.28. The van der Waals surface area contributed by atoms with Crippen LogP contribution in [0.3, 0.4) is 0 Å². The summed E-state index contributed by atoms with van der Waals surface area (Å²) in [6.45, 7) is 3.68. The van der Waals surface area contributed by atoms with Gasteiger partial charge in [-0.05, 0) is 31.4 Å². The smallest absolute Gasteiger partial charge is 0.0932 e. The lowest BCUT2D eigenvalue weighted by Gasteiger charge is -2.07. The first kappa shape index (κ1) is 12.8. The van der Waals surface area contributed by atoms with E-state index in [0.717, 1.165) is 34.9 Å². The minimum atomic E-state index is -0.341. The molecule has 1 atom stereocenters. The van der Waals surface area contributed by atoms with Crippen molar-refractivity contribution >= 4 is 22.9 Å². The van der Waals surface area contributed by atoms with E-state index >= 15 is 0 Å². The molecule has 1 aromatic rings. The van der Waals surface area contributed by atoms with Gasteiger partial charge in [-0.15, -0.1) is 17.9 Å². The summed E-state index contributed by atoms with van der Waals surface area (Å²) < 4.78 is 0.746. The van der Waals surface area contributed by atoms with Crippen molar-refractivity contribution in [1.29, 1.82) is 0 Å². The number of unbranched alkanes of at least 4 members (excludes halogenated alkanes) is 3. The zero-order chi connectivity index (χ0) is 11.1. The molecule has 1 unspecified atom stereocenters. The first-order valence-corrected chi connectivity index (χ1v) is 6.47. The van der Waals surface area contributed by atoms with Gasteiger partial charge in [-0.1, -0.05) is 30.5 Å². The number of aliphatic hydroxyl groups excluding tert-OH is 1. The summed E-state index contributed by atoms with van der Waals surface area (Å²) in [7, 11) is 0. The van der Waals surface area contributed by atoms with Gasteiger partial charge in [0.15, 0.2) is 0 Å². The monoisotopic (exact) mass is 244 g/mol. The maximum Gasteiger partial charge on any atom is 0.0932 e. The molecule has 0 aromatic carbocycles. The number of aliphatic hydroxyl groups is 1. The Labute approximate surface area is 100 Å². The highest BCUT2D eigenvalue weighted by molar-refractivity contribution is 7.16. The van der Waals surface area contributed by atoms with Crippen molar-refractivity contribution in [2.24, 2.45) is 0 Å². The number of hydrogen-bond donors (Lipinski definition) is 1. The van der Waals surface area contributed by atoms with E-state index in [1.807, 2.05) is 18.2 Å². The van der Waals surface area contributed by atoms with Gasteiger partial charge in [0.25, 0.3) is 0 Å². The summed E-state index contributed by atoms with van der Waals surface area (Å²) in [4.78, 5) is 0.976. The normalized spacial score (nSPS) is 12.7. The van der Waals surface area contributed by atoms with Gasteiger partial charge in [0.05, 0.1) is 10.4 Å². The van der Waals surface area contributed by atoms with Crippen molar-refractivity contribution in [3.05, 3.63) is 34.0 Å². The number of allylic oxidation sites excluding steroid dienone is 1. The number of hydrogen-bond acceptors (Lipinski definition) is 2. The van der Waals surface area contributed by atoms with Crippen molar-refractivity contribution in [2.75, 3.05) is 0 Å². The van der Waals surface area contributed by atoms with Crippen LogP contribution in [0.2, 0.25) is 4.34 Å². The van der Waals surface area contributed by atoms with Crippen molar-refractivity contribution in [2.45, 2.75) is 38.2 Å². The summed E-state index contributed by atoms with van der Waals surface area (Å²) in [5, 5.41) is 9.82. The Hall–Kier alpha value is -0.310. The topological polar surface area (TPSA) is 20.2 Å². The lowest BCUT2D eigenvalue weighted by molar-refractivity contribution is 0.167. The van der Waals surface area contributed by atoms with Gasteiger partial charge in [0, 0.05) is 4.88 Å². The molecule has 0 radical (unpaired) electrons. The maximum atomic E-state index is 9.82. The average molecular weight is 245 g/mol. The van der Waals surface area contributed by atoms with Gasteiger partial charge in [-0.25, -0.2) is 0 Å². The maximum absolute atomic E-state index is 9.82. The fourth-order valence-corrected chi connectivity index (χ4v) is 2.53. The summed E-state index contributed by atoms with van der Waals surface area (Å²) in [5.41, 5.74) is 0. The number of rotatable bonds is 7. The predicted molar refractivity (Wildman–Crippen MR) is 67.6 cm³/mol. The van der Waals surface area contributed by atoms with E-state index in [0.29, 0.717) is 0 Å². The Balaban J connectivity index is 2.18. The van der Waals surface area contributed by atoms with Gasteiger partial charge >= 0.3 is 0 Å². The molecule has 0 bridgehead atoms. The Bertz CT molecular complexity index is 296. The van der Waals surface area contributed by atoms with E-state index in [9.17, 15) is 5.11 Å². The van der Waals surface area contributed by atoms with Crippen LogP contribution >= 0.6 is 22.9 Å². The highest BCUT2D eigenvalue weighted by atomic mass is 35.5. The second-order valence-electron chi connectivity index (χ2n) is 3.58. The molecule has 1 heterocycles. The van der Waals surface area contributed by atoms with Crippen molar-refractivity contribution in [3.8, 4) is 0 Å². The third kappa shape index (κ3) is 4.83. The molecule has 0 fully saturated rings. The fourth-order valence-electron chi connectivity index (χ4n) is 1.45. The second kappa shape index (κ2) is 7.04. The molecule has 0 spiro atoms. The van der Waals surface area contributed by atoms with Crippen LogP contribution in [0.25, 0.3) is 0 Å². The number of halogens is 1. The molecular formula is C12H17ClOS. The molecule has 1 nitrogen and oxygen atoms in total. The van der Waals surface area contributed by atoms with Crippen molar-refractivity contribution in [3.63, 3.8) is 0 Å². The third-order valence-electron chi connectivity index (χ3n) is 2.31. The summed E-state index contributed by atoms with van der Waals surface area (Å²) in [6.07, 6.45) is 6.88. The highest BCUT2D eigenvalue weighted by Gasteiger charge is 2.09. The Morgan fingerprint density at radius 3 is 2.80 bits per heavy atom. The second-order valence-corrected chi connectivity index (χ2v) is 5.33. The van der Waals surface area contributed by atoms with E-state index in [-0.39, 0.29) is 6.10 Å². The quantitative estimate of drug-likeness (QED) is 0.550. The molecule has 0 aliphatic heterocycles. The zero-order valence-electron chi connectivity index (χ0n) is 8.79. The first-order chi connectivity index (χ1) is 7.24. The standard InChI is InChI=1S/C12H17ClOS/c1-2-3-4-5-6-7-10(14)11-8-9-12(13)15-11/h2,8-10,14H,1,3-7H2. The Morgan fingerprint density at radius 1 is 1.40 bits per heavy atom. The minimum Gasteiger partial charge on any atom is -0.388 e. The van der Waals surface area contributed by atoms with E-state index in [4.69, 9.17) is 11.6 Å². The van der Waals surface area contributed by atoms with Crippen molar-refractivity contribution < 1.29 is 5.11 Å². The van der Waals surface area contributed by atoms with Crippen LogP contribution in [-0.4, -0.2) is 5.11 Å². The molecule has 0 aliphatic rings. The van der Waals surface area contributed by atoms with Gasteiger partial charge in [0.1, 0.15) is 0 Å². The molecular weight excluding hydrogens is 228 g/mol. The SMILES string of the molecule is C=CCCCCCC(O)c1ccc(Cl)s1. The van der Waals surface area contributed by atoms with E-state index in [1.54, 1.807) is 0 Å². The molecule has 84 valence electrons. The van der Waals surface area contributed by atoms with Crippen LogP contribution in [0.1, 0.15) is 43.1 Å². The summed E-state index contributed by atoms with van der Waals surface area (Å²) in [6, 6.07) is 3.74. The molecule has 1 rings (SSSR count). The molecule has 0 saturated carbocycles. The van der Waals surface area contributed by atoms with Crippen LogP contribution in [0.4, 0.5) is 0 Å². The predicted octanol–water partition coefficient (Wildman–Crippen LogP) is 4.57. The molecule has 15 heavy (non-hydrogen) atoms. The zero-order valence-corrected chi connectivity index (χ0v) is 10.4.